The van der Waals surface area contributed by atoms with Gasteiger partial charge in [0.2, 0.25) is 15.9 Å². The van der Waals surface area contributed by atoms with Gasteiger partial charge in [-0.05, 0) is 23.1 Å². The van der Waals surface area contributed by atoms with E-state index in [1.807, 2.05) is 87.6 Å². The zero-order valence-electron chi connectivity index (χ0n) is 27.0. The van der Waals surface area contributed by atoms with Gasteiger partial charge >= 0.3 is 0 Å². The van der Waals surface area contributed by atoms with Crippen molar-refractivity contribution in [1.29, 1.82) is 0 Å². The molecule has 0 saturated carbocycles. The maximum Gasteiger partial charge on any atom is 0.261 e. The van der Waals surface area contributed by atoms with Crippen LogP contribution in [0.2, 0.25) is 0 Å². The summed E-state index contributed by atoms with van der Waals surface area (Å²) in [5.41, 5.74) is 2.79. The molecule has 0 spiro atoms. The van der Waals surface area contributed by atoms with Crippen LogP contribution in [0.4, 0.5) is 0 Å². The zero-order chi connectivity index (χ0) is 33.5. The van der Waals surface area contributed by atoms with Gasteiger partial charge in [0, 0.05) is 44.4 Å². The molecule has 3 amide bonds. The number of amides is 3. The number of fused-ring (bicyclic) bond motifs is 1. The molecule has 0 bridgehead atoms. The van der Waals surface area contributed by atoms with E-state index in [1.165, 1.54) is 4.31 Å². The van der Waals surface area contributed by atoms with Crippen molar-refractivity contribution in [3.63, 3.8) is 0 Å². The van der Waals surface area contributed by atoms with Gasteiger partial charge in [-0.1, -0.05) is 93.6 Å². The highest BCUT2D eigenvalue weighted by Crippen LogP contribution is 2.40. The summed E-state index contributed by atoms with van der Waals surface area (Å²) in [6.45, 7) is 6.34. The van der Waals surface area contributed by atoms with Crippen molar-refractivity contribution in [2.45, 2.75) is 45.8 Å². The average molecular weight is 654 g/mol. The molecule has 2 aliphatic rings. The molecule has 2 aliphatic heterocycles. The van der Waals surface area contributed by atoms with Crippen LogP contribution in [0.1, 0.15) is 65.3 Å². The average Bonchev–Trinajstić information content (AvgIpc) is 3.48. The van der Waals surface area contributed by atoms with E-state index in [-0.39, 0.29) is 43.1 Å². The SMILES string of the molecule is CC(C)(C)[C@H](c1nc(-c2ccccc2)cn1Cc1ccccc1)N1C[C@@H](CN2C(=O)c3ccccc3C2=O)N(S(C)(=O)=O)CCC1=O. The Bertz CT molecular complexity index is 1880. The first-order valence-electron chi connectivity index (χ1n) is 15.7. The first-order valence-corrected chi connectivity index (χ1v) is 17.6. The van der Waals surface area contributed by atoms with E-state index < -0.39 is 39.3 Å². The summed E-state index contributed by atoms with van der Waals surface area (Å²) in [5.74, 6) is -0.501. The summed E-state index contributed by atoms with van der Waals surface area (Å²) in [4.78, 5) is 48.8. The summed E-state index contributed by atoms with van der Waals surface area (Å²) in [6, 6.07) is 25.0. The van der Waals surface area contributed by atoms with Crippen LogP contribution in [-0.4, -0.2) is 81.7 Å². The lowest BCUT2D eigenvalue weighted by molar-refractivity contribution is -0.136. The molecule has 6 rings (SSSR count). The molecule has 0 unspecified atom stereocenters. The molecule has 1 fully saturated rings. The van der Waals surface area contributed by atoms with Crippen LogP contribution in [0, 0.1) is 5.41 Å². The van der Waals surface area contributed by atoms with Gasteiger partial charge in [0.25, 0.3) is 11.8 Å². The highest BCUT2D eigenvalue weighted by molar-refractivity contribution is 7.88. The number of benzene rings is 3. The number of imide groups is 1. The van der Waals surface area contributed by atoms with Crippen molar-refractivity contribution in [2.75, 3.05) is 25.9 Å². The Morgan fingerprint density at radius 1 is 0.851 bits per heavy atom. The van der Waals surface area contributed by atoms with Crippen molar-refractivity contribution in [3.8, 4) is 11.3 Å². The summed E-state index contributed by atoms with van der Waals surface area (Å²) in [6.07, 6.45) is 3.05. The van der Waals surface area contributed by atoms with E-state index in [1.54, 1.807) is 29.2 Å². The molecule has 0 aliphatic carbocycles. The minimum absolute atomic E-state index is 0.0277. The van der Waals surface area contributed by atoms with E-state index in [4.69, 9.17) is 4.98 Å². The number of hydrogen-bond acceptors (Lipinski definition) is 6. The predicted molar refractivity (Wildman–Crippen MR) is 179 cm³/mol. The van der Waals surface area contributed by atoms with Gasteiger partial charge in [0.15, 0.2) is 0 Å². The van der Waals surface area contributed by atoms with Crippen LogP contribution in [-0.2, 0) is 21.4 Å². The monoisotopic (exact) mass is 653 g/mol. The lowest BCUT2D eigenvalue weighted by atomic mass is 9.84. The molecule has 0 N–H and O–H groups in total. The number of hydrogen-bond donors (Lipinski definition) is 0. The van der Waals surface area contributed by atoms with Crippen LogP contribution in [0.3, 0.4) is 0 Å². The Morgan fingerprint density at radius 3 is 2.00 bits per heavy atom. The first kappa shape index (κ1) is 32.3. The lowest BCUT2D eigenvalue weighted by Gasteiger charge is -2.41. The van der Waals surface area contributed by atoms with Crippen LogP contribution in [0.25, 0.3) is 11.3 Å². The number of rotatable bonds is 8. The molecule has 47 heavy (non-hydrogen) atoms. The largest absolute Gasteiger partial charge is 0.330 e. The topological polar surface area (TPSA) is 113 Å². The second-order valence-electron chi connectivity index (χ2n) is 13.3. The highest BCUT2D eigenvalue weighted by Gasteiger charge is 2.45. The van der Waals surface area contributed by atoms with E-state index in [0.29, 0.717) is 12.4 Å². The number of imidazole rings is 1. The second-order valence-corrected chi connectivity index (χ2v) is 15.3. The number of sulfonamides is 1. The molecule has 1 aromatic heterocycles. The number of carbonyl (C=O) groups is 3. The molecule has 3 aromatic carbocycles. The fraction of sp³-hybridized carbons (Fsp3) is 0.333. The normalized spacial score (nSPS) is 18.4. The maximum absolute atomic E-state index is 14.1. The third kappa shape index (κ3) is 6.50. The number of carbonyl (C=O) groups excluding carboxylic acids is 3. The molecule has 10 nitrogen and oxygen atoms in total. The van der Waals surface area contributed by atoms with Crippen molar-refractivity contribution in [2.24, 2.45) is 5.41 Å². The molecule has 2 atom stereocenters. The van der Waals surface area contributed by atoms with E-state index in [2.05, 4.69) is 4.57 Å². The van der Waals surface area contributed by atoms with Gasteiger partial charge in [-0.25, -0.2) is 13.4 Å². The summed E-state index contributed by atoms with van der Waals surface area (Å²) < 4.78 is 29.7. The van der Waals surface area contributed by atoms with Crippen molar-refractivity contribution in [3.05, 3.63) is 114 Å². The molecule has 0 radical (unpaired) electrons. The smallest absolute Gasteiger partial charge is 0.261 e. The van der Waals surface area contributed by atoms with E-state index >= 15 is 0 Å². The summed E-state index contributed by atoms with van der Waals surface area (Å²) in [5, 5.41) is 0. The Labute approximate surface area is 275 Å². The van der Waals surface area contributed by atoms with Crippen LogP contribution >= 0.6 is 0 Å². The van der Waals surface area contributed by atoms with Crippen LogP contribution in [0.15, 0.2) is 91.1 Å². The van der Waals surface area contributed by atoms with E-state index in [0.717, 1.165) is 28.0 Å². The molecule has 244 valence electrons. The first-order chi connectivity index (χ1) is 22.3. The third-order valence-corrected chi connectivity index (χ3v) is 10.2. The summed E-state index contributed by atoms with van der Waals surface area (Å²) >= 11 is 0. The fourth-order valence-electron chi connectivity index (χ4n) is 6.70. The summed E-state index contributed by atoms with van der Waals surface area (Å²) in [7, 11) is -3.81. The second kappa shape index (κ2) is 12.5. The molecule has 11 heteroatoms. The molecular weight excluding hydrogens is 614 g/mol. The number of nitrogens with zero attached hydrogens (tertiary/aromatic N) is 5. The minimum atomic E-state index is -3.81. The Hall–Kier alpha value is -4.61. The van der Waals surface area contributed by atoms with Crippen molar-refractivity contribution in [1.82, 2.24) is 23.7 Å². The Morgan fingerprint density at radius 2 is 1.43 bits per heavy atom. The van der Waals surface area contributed by atoms with Gasteiger partial charge in [-0.15, -0.1) is 0 Å². The Kier molecular flexibility index (Phi) is 8.62. The maximum atomic E-state index is 14.1. The van der Waals surface area contributed by atoms with Gasteiger partial charge < -0.3 is 9.47 Å². The molecule has 1 saturated heterocycles. The molecular formula is C36H39N5O5S. The molecule has 4 aromatic rings. The van der Waals surface area contributed by atoms with Gasteiger partial charge in [-0.2, -0.15) is 4.31 Å². The van der Waals surface area contributed by atoms with Gasteiger partial charge in [-0.3, -0.25) is 19.3 Å². The van der Waals surface area contributed by atoms with E-state index in [9.17, 15) is 22.8 Å². The van der Waals surface area contributed by atoms with Gasteiger partial charge in [0.1, 0.15) is 5.82 Å². The van der Waals surface area contributed by atoms with Crippen LogP contribution in [0.5, 0.6) is 0 Å². The highest BCUT2D eigenvalue weighted by atomic mass is 32.2. The Balaban J connectivity index is 1.43. The van der Waals surface area contributed by atoms with Crippen molar-refractivity contribution < 1.29 is 22.8 Å². The third-order valence-electron chi connectivity index (χ3n) is 8.83. The van der Waals surface area contributed by atoms with Crippen molar-refractivity contribution >= 4 is 27.7 Å². The standard InChI is InChI=1S/C36H39N5O5S/c1-36(2,3)32(33-37-30(26-15-9-6-10-16-26)24-38(33)21-25-13-7-5-8-14-25)39-22-27(41(47(4,45)46)20-19-31(39)42)23-40-34(43)28-17-11-12-18-29(28)35(40)44/h5-18,24,27,32H,19-23H2,1-4H3/t27-,32-/m0/s1. The van der Waals surface area contributed by atoms with Gasteiger partial charge in [0.05, 0.1) is 35.2 Å². The molecule has 3 heterocycles. The fourth-order valence-corrected chi connectivity index (χ4v) is 7.80. The quantitative estimate of drug-likeness (QED) is 0.252. The lowest BCUT2D eigenvalue weighted by Crippen LogP contribution is -2.53. The van der Waals surface area contributed by atoms with Crippen LogP contribution < -0.4 is 0 Å². The minimum Gasteiger partial charge on any atom is -0.330 e. The zero-order valence-corrected chi connectivity index (χ0v) is 27.9. The predicted octanol–water partition coefficient (Wildman–Crippen LogP) is 4.84. The number of aromatic nitrogens is 2.